The molecule has 2 aliphatic heterocycles. The predicted octanol–water partition coefficient (Wildman–Crippen LogP) is 4.50. The van der Waals surface area contributed by atoms with Gasteiger partial charge in [-0.3, -0.25) is 9.59 Å². The van der Waals surface area contributed by atoms with E-state index in [2.05, 4.69) is 51.9 Å². The van der Waals surface area contributed by atoms with Crippen LogP contribution in [0.25, 0.3) is 0 Å². The summed E-state index contributed by atoms with van der Waals surface area (Å²) in [6.07, 6.45) is 11.4. The second-order valence-electron chi connectivity index (χ2n) is 10.9. The molecule has 1 saturated carbocycles. The Morgan fingerprint density at radius 3 is 2.62 bits per heavy atom. The van der Waals surface area contributed by atoms with Crippen molar-refractivity contribution in [3.05, 3.63) is 53.7 Å². The van der Waals surface area contributed by atoms with Gasteiger partial charge in [-0.15, -0.1) is 0 Å². The third kappa shape index (κ3) is 5.52. The molecule has 7 heteroatoms. The number of para-hydroxylation sites is 1. The van der Waals surface area contributed by atoms with E-state index >= 15 is 0 Å². The number of nitrogens with one attached hydrogen (secondary N) is 2. The number of pyridine rings is 1. The van der Waals surface area contributed by atoms with Gasteiger partial charge in [-0.1, -0.05) is 37.5 Å². The van der Waals surface area contributed by atoms with Crippen molar-refractivity contribution >= 4 is 23.3 Å². The van der Waals surface area contributed by atoms with Crippen LogP contribution in [0.4, 0.5) is 11.5 Å². The molecule has 1 aromatic heterocycles. The first-order valence-electron chi connectivity index (χ1n) is 14.2. The molecule has 3 heterocycles. The van der Waals surface area contributed by atoms with E-state index in [9.17, 15) is 9.59 Å². The average molecular weight is 504 g/mol. The molecule has 0 bridgehead atoms. The highest BCUT2D eigenvalue weighted by Crippen LogP contribution is 2.38. The van der Waals surface area contributed by atoms with Crippen LogP contribution in [0.15, 0.2) is 42.6 Å². The zero-order valence-corrected chi connectivity index (χ0v) is 22.3. The Hall–Kier alpha value is -2.93. The summed E-state index contributed by atoms with van der Waals surface area (Å²) >= 11 is 0. The molecular formula is C30H41N5O2. The van der Waals surface area contributed by atoms with E-state index in [1.54, 1.807) is 7.05 Å². The normalized spacial score (nSPS) is 21.8. The number of amides is 2. The Morgan fingerprint density at radius 2 is 1.81 bits per heavy atom. The number of rotatable bonds is 7. The Kier molecular flexibility index (Phi) is 8.08. The number of carbonyl (C=O) groups excluding carboxylic acids is 2. The number of hydrogen-bond acceptors (Lipinski definition) is 5. The molecule has 2 N–H and O–H groups in total. The first-order chi connectivity index (χ1) is 18.1. The maximum atomic E-state index is 14.1. The molecule has 198 valence electrons. The van der Waals surface area contributed by atoms with Crippen LogP contribution in [0.1, 0.15) is 75.5 Å². The summed E-state index contributed by atoms with van der Waals surface area (Å²) in [5.41, 5.74) is 3.73. The van der Waals surface area contributed by atoms with Crippen molar-refractivity contribution in [1.82, 2.24) is 20.5 Å². The standard InChI is InChI=1S/C30H41N5O2/c1-21(31-2)29(36)33-28(23-11-4-3-5-12-23)30(37)35-19-9-15-26(35)24-16-17-32-27(20-24)34-18-8-13-22-10-6-7-14-25(22)34/h6-7,10,14,16-17,20-21,23,26,28,31H,3-5,8-9,11-13,15,18-19H2,1-2H3,(H,33,36). The van der Waals surface area contributed by atoms with Crippen LogP contribution in [0, 0.1) is 5.92 Å². The van der Waals surface area contributed by atoms with E-state index in [1.807, 2.05) is 18.0 Å². The van der Waals surface area contributed by atoms with E-state index in [4.69, 9.17) is 4.98 Å². The average Bonchev–Trinajstić information content (AvgIpc) is 3.45. The number of aromatic nitrogens is 1. The van der Waals surface area contributed by atoms with Crippen LogP contribution >= 0.6 is 0 Å². The number of aryl methyl sites for hydroxylation is 1. The molecule has 37 heavy (non-hydrogen) atoms. The zero-order chi connectivity index (χ0) is 25.8. The van der Waals surface area contributed by atoms with Gasteiger partial charge in [0.1, 0.15) is 11.9 Å². The molecule has 1 saturated heterocycles. The first kappa shape index (κ1) is 25.7. The monoisotopic (exact) mass is 503 g/mol. The molecule has 3 atom stereocenters. The highest BCUT2D eigenvalue weighted by atomic mass is 16.2. The predicted molar refractivity (Wildman–Crippen MR) is 147 cm³/mol. The van der Waals surface area contributed by atoms with E-state index in [0.717, 1.165) is 75.8 Å². The van der Waals surface area contributed by atoms with Crippen LogP contribution in [0.2, 0.25) is 0 Å². The lowest BCUT2D eigenvalue weighted by molar-refractivity contribution is -0.139. The third-order valence-electron chi connectivity index (χ3n) is 8.59. The van der Waals surface area contributed by atoms with Crippen LogP contribution in [-0.4, -0.2) is 53.9 Å². The SMILES string of the molecule is CNC(C)C(=O)NC(C(=O)N1CCCC1c1ccnc(N2CCCc3ccccc32)c1)C1CCCCC1. The molecule has 1 aromatic carbocycles. The van der Waals surface area contributed by atoms with Gasteiger partial charge < -0.3 is 20.4 Å². The summed E-state index contributed by atoms with van der Waals surface area (Å²) in [4.78, 5) is 36.0. The van der Waals surface area contributed by atoms with Gasteiger partial charge in [-0.25, -0.2) is 4.98 Å². The Bertz CT molecular complexity index is 1100. The van der Waals surface area contributed by atoms with Crippen LogP contribution in [0.5, 0.6) is 0 Å². The van der Waals surface area contributed by atoms with Crippen molar-refractivity contribution < 1.29 is 9.59 Å². The largest absolute Gasteiger partial charge is 0.343 e. The number of anilines is 2. The minimum Gasteiger partial charge on any atom is -0.343 e. The van der Waals surface area contributed by atoms with Gasteiger partial charge in [0.2, 0.25) is 11.8 Å². The molecule has 7 nitrogen and oxygen atoms in total. The molecular weight excluding hydrogens is 462 g/mol. The van der Waals surface area contributed by atoms with Crippen LogP contribution in [-0.2, 0) is 16.0 Å². The lowest BCUT2D eigenvalue weighted by Gasteiger charge is -2.36. The van der Waals surface area contributed by atoms with Gasteiger partial charge in [0, 0.05) is 25.0 Å². The summed E-state index contributed by atoms with van der Waals surface area (Å²) in [6.45, 7) is 3.52. The van der Waals surface area contributed by atoms with Gasteiger partial charge in [-0.05, 0) is 87.7 Å². The van der Waals surface area contributed by atoms with E-state index in [0.29, 0.717) is 0 Å². The van der Waals surface area contributed by atoms with E-state index in [-0.39, 0.29) is 29.8 Å². The molecule has 5 rings (SSSR count). The Balaban J connectivity index is 1.39. The van der Waals surface area contributed by atoms with Crippen LogP contribution < -0.4 is 15.5 Å². The Labute approximate surface area is 221 Å². The van der Waals surface area contributed by atoms with E-state index in [1.165, 1.54) is 17.7 Å². The van der Waals surface area contributed by atoms with Crippen molar-refractivity contribution in [2.75, 3.05) is 25.0 Å². The maximum absolute atomic E-state index is 14.1. The van der Waals surface area contributed by atoms with Gasteiger partial charge in [0.15, 0.2) is 0 Å². The summed E-state index contributed by atoms with van der Waals surface area (Å²) in [5, 5.41) is 6.16. The zero-order valence-electron chi connectivity index (χ0n) is 22.3. The van der Waals surface area contributed by atoms with Crippen molar-refractivity contribution in [3.63, 3.8) is 0 Å². The maximum Gasteiger partial charge on any atom is 0.245 e. The highest BCUT2D eigenvalue weighted by molar-refractivity contribution is 5.90. The van der Waals surface area contributed by atoms with E-state index < -0.39 is 6.04 Å². The summed E-state index contributed by atoms with van der Waals surface area (Å²) in [6, 6.07) is 12.0. The van der Waals surface area contributed by atoms with Crippen LogP contribution in [0.3, 0.4) is 0 Å². The first-order valence-corrected chi connectivity index (χ1v) is 14.2. The quantitative estimate of drug-likeness (QED) is 0.582. The second kappa shape index (κ2) is 11.6. The molecule has 1 aliphatic carbocycles. The number of hydrogen-bond donors (Lipinski definition) is 2. The van der Waals surface area contributed by atoms with Gasteiger partial charge in [-0.2, -0.15) is 0 Å². The minimum atomic E-state index is -0.459. The van der Waals surface area contributed by atoms with Crippen molar-refractivity contribution in [1.29, 1.82) is 0 Å². The summed E-state index contributed by atoms with van der Waals surface area (Å²) in [5.74, 6) is 1.13. The topological polar surface area (TPSA) is 77.6 Å². The fourth-order valence-electron chi connectivity index (χ4n) is 6.37. The number of fused-ring (bicyclic) bond motifs is 1. The number of likely N-dealkylation sites (tertiary alicyclic amines) is 1. The number of likely N-dealkylation sites (N-methyl/N-ethyl adjacent to an activating group) is 1. The summed E-state index contributed by atoms with van der Waals surface area (Å²) < 4.78 is 0. The number of carbonyl (C=O) groups is 2. The number of benzene rings is 1. The molecule has 0 spiro atoms. The highest BCUT2D eigenvalue weighted by Gasteiger charge is 2.39. The fourth-order valence-corrected chi connectivity index (χ4v) is 6.37. The van der Waals surface area contributed by atoms with Crippen molar-refractivity contribution in [2.45, 2.75) is 82.8 Å². The molecule has 2 fully saturated rings. The molecule has 3 aliphatic rings. The third-order valence-corrected chi connectivity index (χ3v) is 8.59. The molecule has 2 amide bonds. The smallest absolute Gasteiger partial charge is 0.245 e. The van der Waals surface area contributed by atoms with Crippen molar-refractivity contribution in [3.8, 4) is 0 Å². The van der Waals surface area contributed by atoms with Gasteiger partial charge >= 0.3 is 0 Å². The molecule has 2 aromatic rings. The van der Waals surface area contributed by atoms with Gasteiger partial charge in [0.05, 0.1) is 12.1 Å². The lowest BCUT2D eigenvalue weighted by atomic mass is 9.83. The molecule has 0 radical (unpaired) electrons. The van der Waals surface area contributed by atoms with Crippen molar-refractivity contribution in [2.24, 2.45) is 5.92 Å². The minimum absolute atomic E-state index is 0.0130. The fraction of sp³-hybridized carbons (Fsp3) is 0.567. The second-order valence-corrected chi connectivity index (χ2v) is 10.9. The lowest BCUT2D eigenvalue weighted by Crippen LogP contribution is -2.55. The summed E-state index contributed by atoms with van der Waals surface area (Å²) in [7, 11) is 1.78. The Morgan fingerprint density at radius 1 is 1.00 bits per heavy atom. The molecule has 3 unspecified atom stereocenters. The van der Waals surface area contributed by atoms with Gasteiger partial charge in [0.25, 0.3) is 0 Å². The number of nitrogens with zero attached hydrogens (tertiary/aromatic N) is 3.